The van der Waals surface area contributed by atoms with Crippen LogP contribution in [0.2, 0.25) is 0 Å². The summed E-state index contributed by atoms with van der Waals surface area (Å²) in [5.74, 6) is -0.439. The van der Waals surface area contributed by atoms with Crippen molar-refractivity contribution in [2.24, 2.45) is 5.73 Å². The number of rotatable bonds is 7. The number of nitrogens with one attached hydrogen (secondary N) is 1. The fourth-order valence-electron chi connectivity index (χ4n) is 3.96. The summed E-state index contributed by atoms with van der Waals surface area (Å²) >= 11 is 0. The Morgan fingerprint density at radius 1 is 1.00 bits per heavy atom. The first-order valence-corrected chi connectivity index (χ1v) is 9.88. The van der Waals surface area contributed by atoms with E-state index < -0.39 is 0 Å². The number of nitrogens with two attached hydrogens (primary N) is 1. The minimum atomic E-state index is -0.220. The van der Waals surface area contributed by atoms with Crippen molar-refractivity contribution in [3.63, 3.8) is 0 Å². The van der Waals surface area contributed by atoms with E-state index in [1.807, 2.05) is 30.3 Å². The number of amides is 2. The highest BCUT2D eigenvalue weighted by atomic mass is 16.5. The van der Waals surface area contributed by atoms with Crippen molar-refractivity contribution < 1.29 is 14.3 Å². The number of nitrogens with zero attached hydrogens (tertiary/aromatic N) is 2. The first-order valence-electron chi connectivity index (χ1n) is 9.88. The van der Waals surface area contributed by atoms with Gasteiger partial charge in [-0.15, -0.1) is 0 Å². The molecule has 2 aromatic carbocycles. The van der Waals surface area contributed by atoms with Crippen LogP contribution in [0.15, 0.2) is 30.3 Å². The lowest BCUT2D eigenvalue weighted by Crippen LogP contribution is -2.44. The quantitative estimate of drug-likeness (QED) is 0.553. The van der Waals surface area contributed by atoms with Crippen molar-refractivity contribution in [3.8, 4) is 0 Å². The van der Waals surface area contributed by atoms with Crippen LogP contribution in [-0.2, 0) is 4.74 Å². The maximum absolute atomic E-state index is 13.0. The molecule has 0 spiro atoms. The summed E-state index contributed by atoms with van der Waals surface area (Å²) in [6, 6.07) is 9.57. The van der Waals surface area contributed by atoms with Crippen molar-refractivity contribution in [2.45, 2.75) is 6.42 Å². The molecule has 28 heavy (non-hydrogen) atoms. The third-order valence-electron chi connectivity index (χ3n) is 5.39. The number of imide groups is 1. The smallest absolute Gasteiger partial charge is 0.261 e. The first-order chi connectivity index (χ1) is 13.7. The van der Waals surface area contributed by atoms with Gasteiger partial charge < -0.3 is 20.7 Å². The normalized spacial score (nSPS) is 16.9. The number of ether oxygens (including phenoxy) is 1. The lowest BCUT2D eigenvalue weighted by Gasteiger charge is -2.32. The van der Waals surface area contributed by atoms with Gasteiger partial charge in [0.05, 0.1) is 13.2 Å². The van der Waals surface area contributed by atoms with Crippen LogP contribution in [0, 0.1) is 0 Å². The maximum Gasteiger partial charge on any atom is 0.261 e. The zero-order valence-corrected chi connectivity index (χ0v) is 15.9. The van der Waals surface area contributed by atoms with E-state index in [0.29, 0.717) is 44.0 Å². The predicted octanol–water partition coefficient (Wildman–Crippen LogP) is 1.21. The average molecular weight is 382 g/mol. The molecule has 0 unspecified atom stereocenters. The lowest BCUT2D eigenvalue weighted by atomic mass is 9.92. The molecule has 0 aliphatic carbocycles. The average Bonchev–Trinajstić information content (AvgIpc) is 2.74. The van der Waals surface area contributed by atoms with Gasteiger partial charge in [0, 0.05) is 53.8 Å². The number of benzene rings is 2. The fourth-order valence-corrected chi connectivity index (χ4v) is 3.96. The van der Waals surface area contributed by atoms with E-state index in [4.69, 9.17) is 10.5 Å². The van der Waals surface area contributed by atoms with Crippen LogP contribution in [0.3, 0.4) is 0 Å². The van der Waals surface area contributed by atoms with Crippen molar-refractivity contribution in [1.82, 2.24) is 10.2 Å². The molecule has 1 fully saturated rings. The van der Waals surface area contributed by atoms with Crippen molar-refractivity contribution >= 4 is 28.3 Å². The van der Waals surface area contributed by atoms with Gasteiger partial charge in [-0.1, -0.05) is 12.1 Å². The molecule has 0 atom stereocenters. The molecule has 2 aliphatic rings. The summed E-state index contributed by atoms with van der Waals surface area (Å²) in [5, 5.41) is 4.96. The highest BCUT2D eigenvalue weighted by molar-refractivity contribution is 6.26. The molecule has 1 saturated heterocycles. The highest BCUT2D eigenvalue weighted by Gasteiger charge is 2.33. The Bertz CT molecular complexity index is 870. The molecule has 4 rings (SSSR count). The van der Waals surface area contributed by atoms with E-state index in [1.165, 1.54) is 4.90 Å². The summed E-state index contributed by atoms with van der Waals surface area (Å²) in [5.41, 5.74) is 7.75. The topological polar surface area (TPSA) is 87.9 Å². The number of morpholine rings is 1. The van der Waals surface area contributed by atoms with Crippen LogP contribution in [-0.4, -0.2) is 69.2 Å². The van der Waals surface area contributed by atoms with E-state index in [9.17, 15) is 9.59 Å². The summed E-state index contributed by atoms with van der Waals surface area (Å²) in [4.78, 5) is 29.7. The molecule has 2 aromatic rings. The van der Waals surface area contributed by atoms with E-state index in [2.05, 4.69) is 10.2 Å². The zero-order valence-electron chi connectivity index (χ0n) is 15.9. The Labute approximate surface area is 164 Å². The van der Waals surface area contributed by atoms with E-state index in [-0.39, 0.29) is 11.8 Å². The van der Waals surface area contributed by atoms with E-state index >= 15 is 0 Å². The molecule has 7 heteroatoms. The van der Waals surface area contributed by atoms with E-state index in [1.54, 1.807) is 0 Å². The standard InChI is InChI=1S/C21H26N4O3/c22-7-2-8-23-9-10-25-20(26)16-4-1-3-15-18(24-11-13-28-14-12-24)6-5-17(19(15)16)21(25)27/h1,3-6,23H,2,7-14,22H2. The molecule has 7 nitrogen and oxygen atoms in total. The third-order valence-corrected chi connectivity index (χ3v) is 5.39. The van der Waals surface area contributed by atoms with Crippen LogP contribution in [0.1, 0.15) is 27.1 Å². The van der Waals surface area contributed by atoms with Crippen molar-refractivity contribution in [3.05, 3.63) is 41.5 Å². The number of carbonyl (C=O) groups is 2. The SMILES string of the molecule is NCCCNCCN1C(=O)c2cccc3c(N4CCOCC4)ccc(c23)C1=O. The van der Waals surface area contributed by atoms with Crippen molar-refractivity contribution in [1.29, 1.82) is 0 Å². The largest absolute Gasteiger partial charge is 0.378 e. The molecule has 0 bridgehead atoms. The van der Waals surface area contributed by atoms with Crippen LogP contribution < -0.4 is 16.0 Å². The number of hydrogen-bond donors (Lipinski definition) is 2. The number of hydrogen-bond acceptors (Lipinski definition) is 6. The van der Waals surface area contributed by atoms with Crippen molar-refractivity contribution in [2.75, 3.05) is 57.4 Å². The third kappa shape index (κ3) is 3.37. The number of anilines is 1. The van der Waals surface area contributed by atoms with Gasteiger partial charge in [-0.3, -0.25) is 14.5 Å². The molecular formula is C21H26N4O3. The van der Waals surface area contributed by atoms with Gasteiger partial charge in [0.1, 0.15) is 0 Å². The minimum Gasteiger partial charge on any atom is -0.378 e. The van der Waals surface area contributed by atoms with Gasteiger partial charge in [0.2, 0.25) is 0 Å². The second kappa shape index (κ2) is 8.26. The number of carbonyl (C=O) groups excluding carboxylic acids is 2. The maximum atomic E-state index is 13.0. The fraction of sp³-hybridized carbons (Fsp3) is 0.429. The molecule has 0 saturated carbocycles. The van der Waals surface area contributed by atoms with Crippen LogP contribution in [0.4, 0.5) is 5.69 Å². The summed E-state index contributed by atoms with van der Waals surface area (Å²) in [6.07, 6.45) is 0.869. The molecule has 0 radical (unpaired) electrons. The van der Waals surface area contributed by atoms with Gasteiger partial charge in [-0.05, 0) is 37.7 Å². The first kappa shape index (κ1) is 18.9. The Hall–Kier alpha value is -2.48. The molecule has 2 aliphatic heterocycles. The summed E-state index contributed by atoms with van der Waals surface area (Å²) < 4.78 is 5.45. The van der Waals surface area contributed by atoms with Crippen LogP contribution in [0.5, 0.6) is 0 Å². The summed E-state index contributed by atoms with van der Waals surface area (Å²) in [7, 11) is 0. The minimum absolute atomic E-state index is 0.220. The van der Waals surface area contributed by atoms with Crippen LogP contribution in [0.25, 0.3) is 10.8 Å². The Morgan fingerprint density at radius 3 is 2.50 bits per heavy atom. The lowest BCUT2D eigenvalue weighted by molar-refractivity contribution is 0.0612. The van der Waals surface area contributed by atoms with E-state index in [0.717, 1.165) is 42.5 Å². The molecule has 0 aromatic heterocycles. The predicted molar refractivity (Wildman–Crippen MR) is 109 cm³/mol. The monoisotopic (exact) mass is 382 g/mol. The van der Waals surface area contributed by atoms with Gasteiger partial charge in [-0.2, -0.15) is 0 Å². The van der Waals surface area contributed by atoms with Crippen LogP contribution >= 0.6 is 0 Å². The molecule has 2 heterocycles. The molecule has 148 valence electrons. The Balaban J connectivity index is 1.65. The highest BCUT2D eigenvalue weighted by Crippen LogP contribution is 2.36. The van der Waals surface area contributed by atoms with Gasteiger partial charge in [0.15, 0.2) is 0 Å². The molecular weight excluding hydrogens is 356 g/mol. The molecule has 2 amide bonds. The Morgan fingerprint density at radius 2 is 1.75 bits per heavy atom. The second-order valence-corrected chi connectivity index (χ2v) is 7.11. The Kier molecular flexibility index (Phi) is 5.57. The van der Waals surface area contributed by atoms with Gasteiger partial charge in [0.25, 0.3) is 11.8 Å². The van der Waals surface area contributed by atoms with Gasteiger partial charge >= 0.3 is 0 Å². The molecule has 3 N–H and O–H groups in total. The zero-order chi connectivity index (χ0) is 19.5. The summed E-state index contributed by atoms with van der Waals surface area (Å²) in [6.45, 7) is 5.30. The second-order valence-electron chi connectivity index (χ2n) is 7.11. The van der Waals surface area contributed by atoms with Gasteiger partial charge in [-0.25, -0.2) is 0 Å².